The third-order valence-electron chi connectivity index (χ3n) is 2.73. The second-order valence-electron chi connectivity index (χ2n) is 4.08. The first kappa shape index (κ1) is 15.7. The Labute approximate surface area is 132 Å². The van der Waals surface area contributed by atoms with Gasteiger partial charge in [0.25, 0.3) is 0 Å². The number of nitrogens with two attached hydrogens (primary N) is 1. The van der Waals surface area contributed by atoms with Crippen molar-refractivity contribution in [3.05, 3.63) is 34.9 Å². The minimum atomic E-state index is -0.468. The zero-order chi connectivity index (χ0) is 15.4. The molecule has 0 amide bonds. The molecule has 1 heterocycles. The second-order valence-corrected chi connectivity index (χ2v) is 5.74. The number of carbonyl (C=O) groups excluding carboxylic acids is 1. The van der Waals surface area contributed by atoms with Crippen LogP contribution in [0.4, 0.5) is 5.82 Å². The first-order chi connectivity index (χ1) is 10.1. The lowest BCUT2D eigenvalue weighted by atomic mass is 10.3. The highest BCUT2D eigenvalue weighted by molar-refractivity contribution is 7.99. The van der Waals surface area contributed by atoms with Gasteiger partial charge < -0.3 is 10.5 Å². The molecule has 0 atom stereocenters. The molecule has 0 aliphatic carbocycles. The van der Waals surface area contributed by atoms with Gasteiger partial charge in [-0.1, -0.05) is 30.7 Å². The molecule has 2 aromatic rings. The fourth-order valence-electron chi connectivity index (χ4n) is 1.85. The van der Waals surface area contributed by atoms with Crippen LogP contribution in [0.5, 0.6) is 0 Å². The zero-order valence-corrected chi connectivity index (χ0v) is 13.4. The van der Waals surface area contributed by atoms with Crippen molar-refractivity contribution in [2.75, 3.05) is 18.1 Å². The van der Waals surface area contributed by atoms with E-state index in [9.17, 15) is 4.79 Å². The average molecular weight is 326 g/mol. The number of hydrogen-bond donors (Lipinski definition) is 1. The van der Waals surface area contributed by atoms with E-state index in [2.05, 4.69) is 5.10 Å². The van der Waals surface area contributed by atoms with E-state index in [-0.39, 0.29) is 12.4 Å². The van der Waals surface area contributed by atoms with E-state index in [0.29, 0.717) is 21.3 Å². The summed E-state index contributed by atoms with van der Waals surface area (Å²) in [5.41, 5.74) is 7.02. The lowest BCUT2D eigenvalue weighted by Gasteiger charge is -2.06. The number of thioether (sulfide) groups is 1. The number of esters is 1. The number of nitrogen functional groups attached to an aromatic ring is 1. The number of rotatable bonds is 5. The van der Waals surface area contributed by atoms with Crippen molar-refractivity contribution >= 4 is 35.1 Å². The highest BCUT2D eigenvalue weighted by Gasteiger charge is 2.24. The molecule has 7 heteroatoms. The van der Waals surface area contributed by atoms with Crippen LogP contribution in [0, 0.1) is 0 Å². The summed E-state index contributed by atoms with van der Waals surface area (Å²) in [5.74, 6) is 0.535. The van der Waals surface area contributed by atoms with Gasteiger partial charge in [-0.25, -0.2) is 9.48 Å². The van der Waals surface area contributed by atoms with Gasteiger partial charge in [0, 0.05) is 0 Å². The van der Waals surface area contributed by atoms with E-state index >= 15 is 0 Å². The standard InChI is InChI=1S/C14H16ClN3O2S/c1-3-20-14(19)11-12(16)18(17-13(11)21-4-2)10-8-6-5-7-9(10)15/h5-8H,3-4,16H2,1-2H3. The Balaban J connectivity index is 2.56. The maximum atomic E-state index is 12.1. The molecule has 21 heavy (non-hydrogen) atoms. The fourth-order valence-corrected chi connectivity index (χ4v) is 2.81. The largest absolute Gasteiger partial charge is 0.462 e. The Kier molecular flexibility index (Phi) is 5.14. The Morgan fingerprint density at radius 1 is 1.43 bits per heavy atom. The summed E-state index contributed by atoms with van der Waals surface area (Å²) < 4.78 is 6.54. The molecule has 0 fully saturated rings. The Morgan fingerprint density at radius 3 is 2.76 bits per heavy atom. The molecule has 0 saturated heterocycles. The van der Waals surface area contributed by atoms with E-state index in [4.69, 9.17) is 22.1 Å². The van der Waals surface area contributed by atoms with Crippen molar-refractivity contribution in [3.63, 3.8) is 0 Å². The number of aromatic nitrogens is 2. The Morgan fingerprint density at radius 2 is 2.14 bits per heavy atom. The molecule has 0 radical (unpaired) electrons. The predicted molar refractivity (Wildman–Crippen MR) is 85.3 cm³/mol. The molecular weight excluding hydrogens is 310 g/mol. The predicted octanol–water partition coefficient (Wildman–Crippen LogP) is 3.40. The van der Waals surface area contributed by atoms with Gasteiger partial charge in [0.2, 0.25) is 0 Å². The van der Waals surface area contributed by atoms with Crippen molar-refractivity contribution in [2.24, 2.45) is 0 Å². The molecule has 112 valence electrons. The molecule has 2 rings (SSSR count). The molecule has 0 unspecified atom stereocenters. The minimum Gasteiger partial charge on any atom is -0.462 e. The summed E-state index contributed by atoms with van der Waals surface area (Å²) >= 11 is 7.61. The number of para-hydroxylation sites is 1. The number of anilines is 1. The van der Waals surface area contributed by atoms with Crippen LogP contribution < -0.4 is 5.73 Å². The third kappa shape index (κ3) is 3.16. The molecule has 0 aliphatic heterocycles. The lowest BCUT2D eigenvalue weighted by Crippen LogP contribution is -2.09. The highest BCUT2D eigenvalue weighted by Crippen LogP contribution is 2.31. The van der Waals surface area contributed by atoms with Crippen molar-refractivity contribution in [1.29, 1.82) is 0 Å². The molecule has 0 aliphatic rings. The van der Waals surface area contributed by atoms with Gasteiger partial charge in [0.15, 0.2) is 0 Å². The van der Waals surface area contributed by atoms with E-state index in [1.54, 1.807) is 19.1 Å². The maximum Gasteiger partial charge on any atom is 0.344 e. The van der Waals surface area contributed by atoms with Gasteiger partial charge >= 0.3 is 5.97 Å². The van der Waals surface area contributed by atoms with E-state index in [1.165, 1.54) is 16.4 Å². The molecular formula is C14H16ClN3O2S. The summed E-state index contributed by atoms with van der Waals surface area (Å²) in [7, 11) is 0. The van der Waals surface area contributed by atoms with Gasteiger partial charge in [-0.2, -0.15) is 5.10 Å². The Bertz CT molecular complexity index is 658. The first-order valence-electron chi connectivity index (χ1n) is 6.53. The van der Waals surface area contributed by atoms with Crippen LogP contribution in [0.15, 0.2) is 29.3 Å². The lowest BCUT2D eigenvalue weighted by molar-refractivity contribution is 0.0523. The maximum absolute atomic E-state index is 12.1. The molecule has 5 nitrogen and oxygen atoms in total. The number of nitrogens with zero attached hydrogens (tertiary/aromatic N) is 2. The normalized spacial score (nSPS) is 10.6. The van der Waals surface area contributed by atoms with Crippen LogP contribution in [0.2, 0.25) is 5.02 Å². The number of carbonyl (C=O) groups is 1. The van der Waals surface area contributed by atoms with Crippen molar-refractivity contribution < 1.29 is 9.53 Å². The van der Waals surface area contributed by atoms with Gasteiger partial charge in [-0.3, -0.25) is 0 Å². The van der Waals surface area contributed by atoms with Crippen molar-refractivity contribution in [2.45, 2.75) is 18.9 Å². The number of ether oxygens (including phenoxy) is 1. The van der Waals surface area contributed by atoms with E-state index in [0.717, 1.165) is 5.75 Å². The Hall–Kier alpha value is -1.66. The summed E-state index contributed by atoms with van der Waals surface area (Å²) in [4.78, 5) is 12.1. The monoisotopic (exact) mass is 325 g/mol. The number of benzene rings is 1. The van der Waals surface area contributed by atoms with Crippen molar-refractivity contribution in [3.8, 4) is 5.69 Å². The summed E-state index contributed by atoms with van der Waals surface area (Å²) in [6.07, 6.45) is 0. The quantitative estimate of drug-likeness (QED) is 0.674. The highest BCUT2D eigenvalue weighted by atomic mass is 35.5. The number of hydrogen-bond acceptors (Lipinski definition) is 5. The number of halogens is 1. The fraction of sp³-hybridized carbons (Fsp3) is 0.286. The van der Waals surface area contributed by atoms with Crippen LogP contribution in [0.25, 0.3) is 5.69 Å². The second kappa shape index (κ2) is 6.87. The van der Waals surface area contributed by atoms with E-state index in [1.807, 2.05) is 19.1 Å². The summed E-state index contributed by atoms with van der Waals surface area (Å²) in [6, 6.07) is 7.19. The average Bonchev–Trinajstić information content (AvgIpc) is 2.77. The van der Waals surface area contributed by atoms with Gasteiger partial charge in [-0.15, -0.1) is 11.8 Å². The molecule has 1 aromatic heterocycles. The third-order valence-corrected chi connectivity index (χ3v) is 3.90. The van der Waals surface area contributed by atoms with Gasteiger partial charge in [0.1, 0.15) is 16.4 Å². The van der Waals surface area contributed by atoms with Crippen LogP contribution in [0.3, 0.4) is 0 Å². The van der Waals surface area contributed by atoms with Gasteiger partial charge in [0.05, 0.1) is 17.3 Å². The first-order valence-corrected chi connectivity index (χ1v) is 7.89. The van der Waals surface area contributed by atoms with Crippen LogP contribution >= 0.6 is 23.4 Å². The minimum absolute atomic E-state index is 0.234. The van der Waals surface area contributed by atoms with E-state index < -0.39 is 5.97 Å². The topological polar surface area (TPSA) is 70.1 Å². The molecule has 1 aromatic carbocycles. The van der Waals surface area contributed by atoms with Crippen LogP contribution in [-0.2, 0) is 4.74 Å². The molecule has 0 spiro atoms. The summed E-state index contributed by atoms with van der Waals surface area (Å²) in [6.45, 7) is 4.01. The smallest absolute Gasteiger partial charge is 0.344 e. The summed E-state index contributed by atoms with van der Waals surface area (Å²) in [5, 5.41) is 5.46. The van der Waals surface area contributed by atoms with Crippen molar-refractivity contribution in [1.82, 2.24) is 9.78 Å². The molecule has 2 N–H and O–H groups in total. The van der Waals surface area contributed by atoms with Crippen LogP contribution in [0.1, 0.15) is 24.2 Å². The molecule has 0 saturated carbocycles. The van der Waals surface area contributed by atoms with Gasteiger partial charge in [-0.05, 0) is 24.8 Å². The SMILES string of the molecule is CCOC(=O)c1c(SCC)nn(-c2ccccc2Cl)c1N. The molecule has 0 bridgehead atoms. The van der Waals surface area contributed by atoms with Crippen LogP contribution in [-0.4, -0.2) is 28.1 Å². The zero-order valence-electron chi connectivity index (χ0n) is 11.8.